The van der Waals surface area contributed by atoms with Crippen molar-refractivity contribution in [1.82, 2.24) is 0 Å². The minimum atomic E-state index is -1.63. The first-order chi connectivity index (χ1) is 17.5. The summed E-state index contributed by atoms with van der Waals surface area (Å²) < 4.78 is 21.9. The van der Waals surface area contributed by atoms with Crippen LogP contribution in [0.4, 0.5) is 0 Å². The number of carbonyl (C=O) groups excluding carboxylic acids is 3. The number of benzene rings is 3. The van der Waals surface area contributed by atoms with Gasteiger partial charge in [-0.05, 0) is 36.4 Å². The molecule has 0 bridgehead atoms. The van der Waals surface area contributed by atoms with Crippen LogP contribution < -0.4 is 0 Å². The second-order valence-corrected chi connectivity index (χ2v) is 7.96. The van der Waals surface area contributed by atoms with Crippen molar-refractivity contribution in [1.29, 1.82) is 0 Å². The maximum absolute atomic E-state index is 12.7. The first-order valence-corrected chi connectivity index (χ1v) is 11.2. The number of ether oxygens (including phenoxy) is 4. The lowest BCUT2D eigenvalue weighted by Gasteiger charge is -2.26. The number of aliphatic hydroxyl groups excluding tert-OH is 2. The summed E-state index contributed by atoms with van der Waals surface area (Å²) in [5.74, 6) is -2.32. The van der Waals surface area contributed by atoms with Gasteiger partial charge in [-0.25, -0.2) is 14.4 Å². The van der Waals surface area contributed by atoms with E-state index in [0.717, 1.165) is 0 Å². The summed E-state index contributed by atoms with van der Waals surface area (Å²) in [6.45, 7) is -0.714. The molecule has 1 saturated heterocycles. The van der Waals surface area contributed by atoms with Crippen molar-refractivity contribution >= 4 is 17.9 Å². The second kappa shape index (κ2) is 11.6. The van der Waals surface area contributed by atoms with Crippen LogP contribution in [0.3, 0.4) is 0 Å². The number of rotatable bonds is 8. The summed E-state index contributed by atoms with van der Waals surface area (Å²) in [4.78, 5) is 37.9. The molecule has 0 amide bonds. The van der Waals surface area contributed by atoms with Crippen molar-refractivity contribution in [2.45, 2.75) is 30.7 Å². The zero-order valence-electron chi connectivity index (χ0n) is 19.0. The third kappa shape index (κ3) is 5.77. The molecule has 0 aromatic heterocycles. The Morgan fingerprint density at radius 1 is 0.722 bits per heavy atom. The molecule has 1 aliphatic rings. The van der Waals surface area contributed by atoms with E-state index in [1.807, 2.05) is 0 Å². The van der Waals surface area contributed by atoms with Crippen molar-refractivity contribution in [3.8, 4) is 0 Å². The first-order valence-electron chi connectivity index (χ1n) is 11.2. The lowest BCUT2D eigenvalue weighted by molar-refractivity contribution is -0.155. The van der Waals surface area contributed by atoms with E-state index in [0.29, 0.717) is 0 Å². The monoisotopic (exact) mass is 492 g/mol. The van der Waals surface area contributed by atoms with Crippen LogP contribution >= 0.6 is 0 Å². The summed E-state index contributed by atoms with van der Waals surface area (Å²) in [5, 5.41) is 20.9. The first kappa shape index (κ1) is 25.1. The number of esters is 3. The highest BCUT2D eigenvalue weighted by Gasteiger charge is 2.52. The van der Waals surface area contributed by atoms with Crippen LogP contribution in [0.15, 0.2) is 91.0 Å². The molecule has 5 atom stereocenters. The SMILES string of the molecule is O=C(O[C@@H]1O[C@H]([C@@H](CO)OC(=O)c2ccccc2)[C@H](OC(=O)c2ccccc2)[C@H]1O)c1ccccc1. The molecule has 4 rings (SSSR count). The number of hydrogen-bond acceptors (Lipinski definition) is 9. The second-order valence-electron chi connectivity index (χ2n) is 7.96. The minimum absolute atomic E-state index is 0.204. The van der Waals surface area contributed by atoms with Gasteiger partial charge in [0, 0.05) is 0 Å². The van der Waals surface area contributed by atoms with Crippen LogP contribution in [0.1, 0.15) is 31.1 Å². The molecule has 36 heavy (non-hydrogen) atoms. The Balaban J connectivity index is 1.56. The van der Waals surface area contributed by atoms with Gasteiger partial charge in [-0.15, -0.1) is 0 Å². The lowest BCUT2D eigenvalue weighted by atomic mass is 10.1. The van der Waals surface area contributed by atoms with Gasteiger partial charge in [0.2, 0.25) is 6.29 Å². The summed E-state index contributed by atoms with van der Waals surface area (Å²) >= 11 is 0. The largest absolute Gasteiger partial charge is 0.453 e. The van der Waals surface area contributed by atoms with Crippen molar-refractivity contribution in [3.63, 3.8) is 0 Å². The maximum atomic E-state index is 12.7. The van der Waals surface area contributed by atoms with Crippen LogP contribution in [0.5, 0.6) is 0 Å². The maximum Gasteiger partial charge on any atom is 0.340 e. The number of carbonyl (C=O) groups is 3. The topological polar surface area (TPSA) is 129 Å². The third-order valence-corrected chi connectivity index (χ3v) is 5.53. The molecule has 1 heterocycles. The van der Waals surface area contributed by atoms with E-state index < -0.39 is 55.2 Å². The van der Waals surface area contributed by atoms with Crippen molar-refractivity contribution in [2.24, 2.45) is 0 Å². The van der Waals surface area contributed by atoms with Crippen LogP contribution in [-0.4, -0.2) is 65.4 Å². The van der Waals surface area contributed by atoms with Gasteiger partial charge in [-0.1, -0.05) is 54.6 Å². The zero-order chi connectivity index (χ0) is 25.5. The minimum Gasteiger partial charge on any atom is -0.453 e. The van der Waals surface area contributed by atoms with Crippen molar-refractivity contribution < 1.29 is 43.5 Å². The van der Waals surface area contributed by atoms with Crippen LogP contribution in [-0.2, 0) is 18.9 Å². The lowest BCUT2D eigenvalue weighted by Crippen LogP contribution is -2.45. The fraction of sp³-hybridized carbons (Fsp3) is 0.222. The summed E-state index contributed by atoms with van der Waals surface area (Å²) in [7, 11) is 0. The summed E-state index contributed by atoms with van der Waals surface area (Å²) in [6, 6.07) is 24.1. The Hall–Kier alpha value is -4.05. The predicted octanol–water partition coefficient (Wildman–Crippen LogP) is 2.37. The highest BCUT2D eigenvalue weighted by molar-refractivity contribution is 5.90. The van der Waals surface area contributed by atoms with Gasteiger partial charge in [0.05, 0.1) is 23.3 Å². The molecule has 9 heteroatoms. The zero-order valence-corrected chi connectivity index (χ0v) is 19.0. The molecule has 0 spiro atoms. The smallest absolute Gasteiger partial charge is 0.340 e. The molecule has 0 radical (unpaired) electrons. The molecular formula is C27H24O9. The third-order valence-electron chi connectivity index (χ3n) is 5.53. The Morgan fingerprint density at radius 3 is 1.64 bits per heavy atom. The quantitative estimate of drug-likeness (QED) is 0.360. The molecule has 2 N–H and O–H groups in total. The van der Waals surface area contributed by atoms with Crippen LogP contribution in [0.25, 0.3) is 0 Å². The van der Waals surface area contributed by atoms with Crippen LogP contribution in [0.2, 0.25) is 0 Å². The Labute approximate surface area is 206 Å². The van der Waals surface area contributed by atoms with Crippen molar-refractivity contribution in [2.75, 3.05) is 6.61 Å². The molecule has 186 valence electrons. The molecule has 1 fully saturated rings. The normalized spacial score (nSPS) is 21.8. The van der Waals surface area contributed by atoms with E-state index in [2.05, 4.69) is 0 Å². The number of hydrogen-bond donors (Lipinski definition) is 2. The molecule has 0 saturated carbocycles. The molecule has 1 aliphatic heterocycles. The van der Waals surface area contributed by atoms with E-state index in [9.17, 15) is 24.6 Å². The van der Waals surface area contributed by atoms with Crippen molar-refractivity contribution in [3.05, 3.63) is 108 Å². The molecule has 9 nitrogen and oxygen atoms in total. The van der Waals surface area contributed by atoms with Crippen LogP contribution in [0, 0.1) is 0 Å². The Kier molecular flexibility index (Phi) is 8.06. The Bertz CT molecular complexity index is 1170. The highest BCUT2D eigenvalue weighted by atomic mass is 16.7. The van der Waals surface area contributed by atoms with Gasteiger partial charge in [0.15, 0.2) is 18.3 Å². The standard InChI is InChI=1S/C27H24O9/c28-16-20(33-24(30)17-10-4-1-5-11-17)22-23(34-25(31)18-12-6-2-7-13-18)21(29)27(35-22)36-26(32)19-14-8-3-9-15-19/h1-15,20-23,27-29H,16H2/t20-,21-,22-,23-,27+/m1/s1. The molecule has 3 aromatic rings. The summed E-state index contributed by atoms with van der Waals surface area (Å²) in [6.07, 6.45) is -7.28. The molecule has 0 aliphatic carbocycles. The van der Waals surface area contributed by atoms with E-state index >= 15 is 0 Å². The van der Waals surface area contributed by atoms with E-state index in [1.54, 1.807) is 54.6 Å². The molecule has 0 unspecified atom stereocenters. The average molecular weight is 492 g/mol. The van der Waals surface area contributed by atoms with Gasteiger partial charge >= 0.3 is 17.9 Å². The fourth-order valence-electron chi connectivity index (χ4n) is 3.70. The number of aliphatic hydroxyl groups is 2. The van der Waals surface area contributed by atoms with E-state index in [4.69, 9.17) is 18.9 Å². The van der Waals surface area contributed by atoms with Gasteiger partial charge < -0.3 is 29.2 Å². The fourth-order valence-corrected chi connectivity index (χ4v) is 3.70. The molecular weight excluding hydrogens is 468 g/mol. The average Bonchev–Trinajstić information content (AvgIpc) is 3.22. The van der Waals surface area contributed by atoms with Gasteiger partial charge in [-0.3, -0.25) is 0 Å². The van der Waals surface area contributed by atoms with E-state index in [-0.39, 0.29) is 16.7 Å². The predicted molar refractivity (Wildman–Crippen MR) is 125 cm³/mol. The Morgan fingerprint density at radius 2 is 1.17 bits per heavy atom. The van der Waals surface area contributed by atoms with Gasteiger partial charge in [0.25, 0.3) is 0 Å². The van der Waals surface area contributed by atoms with Gasteiger partial charge in [0.1, 0.15) is 6.10 Å². The van der Waals surface area contributed by atoms with E-state index in [1.165, 1.54) is 36.4 Å². The van der Waals surface area contributed by atoms with Gasteiger partial charge in [-0.2, -0.15) is 0 Å². The molecule has 3 aromatic carbocycles. The summed E-state index contributed by atoms with van der Waals surface area (Å²) in [5.41, 5.74) is 0.637. The highest BCUT2D eigenvalue weighted by Crippen LogP contribution is 2.30.